The molecule has 0 saturated carbocycles. The molecule has 0 spiro atoms. The molecule has 0 fully saturated rings. The zero-order valence-electron chi connectivity index (χ0n) is 7.20. The number of rotatable bonds is 4. The maximum atomic E-state index is 10.5. The molecule has 3 nitrogen and oxygen atoms in total. The molecular formula is C8H10NiO3S2. The molecule has 0 bridgehead atoms. The summed E-state index contributed by atoms with van der Waals surface area (Å²) in [5, 5.41) is 0. The van der Waals surface area contributed by atoms with Crippen molar-refractivity contribution in [1.29, 1.82) is 0 Å². The fourth-order valence-corrected chi connectivity index (χ4v) is 1.43. The van der Waals surface area contributed by atoms with Crippen molar-refractivity contribution in [3.63, 3.8) is 0 Å². The molecule has 0 N–H and O–H groups in total. The van der Waals surface area contributed by atoms with Gasteiger partial charge in [0.2, 0.25) is 0 Å². The van der Waals surface area contributed by atoms with Crippen molar-refractivity contribution in [2.75, 3.05) is 6.61 Å². The van der Waals surface area contributed by atoms with Gasteiger partial charge in [-0.15, -0.1) is 0 Å². The molecule has 1 aromatic carbocycles. The van der Waals surface area contributed by atoms with Gasteiger partial charge in [-0.05, 0) is 23.6 Å². The third-order valence-corrected chi connectivity index (χ3v) is 2.25. The summed E-state index contributed by atoms with van der Waals surface area (Å²) in [4.78, 5) is 0. The van der Waals surface area contributed by atoms with Gasteiger partial charge in [-0.1, -0.05) is 30.3 Å². The summed E-state index contributed by atoms with van der Waals surface area (Å²) in [5.41, 5.74) is 1.04. The molecule has 0 radical (unpaired) electrons. The smallest absolute Gasteiger partial charge is 0.262 e. The Morgan fingerprint density at radius 1 is 1.21 bits per heavy atom. The Kier molecular flexibility index (Phi) is 6.44. The van der Waals surface area contributed by atoms with E-state index in [9.17, 15) is 8.42 Å². The maximum Gasteiger partial charge on any atom is 0.319 e. The predicted octanol–water partition coefficient (Wildman–Crippen LogP) is 1.42. The van der Waals surface area contributed by atoms with Crippen LogP contribution in [-0.4, -0.2) is 15.0 Å². The molecule has 0 atom stereocenters. The summed E-state index contributed by atoms with van der Waals surface area (Å²) in [7, 11) is -3.60. The van der Waals surface area contributed by atoms with Crippen molar-refractivity contribution in [2.45, 2.75) is 6.42 Å². The zero-order chi connectivity index (χ0) is 9.73. The van der Waals surface area contributed by atoms with Crippen LogP contribution < -0.4 is 0 Å². The minimum Gasteiger partial charge on any atom is -0.262 e. The normalized spacial score (nSPS) is 10.6. The van der Waals surface area contributed by atoms with Crippen molar-refractivity contribution in [2.24, 2.45) is 0 Å². The first-order chi connectivity index (χ1) is 6.08. The van der Waals surface area contributed by atoms with E-state index in [1.807, 2.05) is 30.3 Å². The Morgan fingerprint density at radius 2 is 1.79 bits per heavy atom. The second-order valence-electron chi connectivity index (χ2n) is 2.49. The molecule has 0 aliphatic carbocycles. The van der Waals surface area contributed by atoms with Gasteiger partial charge in [0.25, 0.3) is 0 Å². The molecule has 0 amide bonds. The molecule has 0 unspecified atom stereocenters. The van der Waals surface area contributed by atoms with Crippen molar-refractivity contribution in [3.8, 4) is 0 Å². The van der Waals surface area contributed by atoms with Crippen molar-refractivity contribution in [1.82, 2.24) is 0 Å². The maximum absolute atomic E-state index is 10.5. The third-order valence-electron chi connectivity index (χ3n) is 1.47. The Labute approximate surface area is 98.7 Å². The van der Waals surface area contributed by atoms with Gasteiger partial charge in [-0.25, -0.2) is 0 Å². The standard InChI is InChI=1S/C8H10O3S2.Ni/c9-13(10,12)11-7-6-8-4-2-1-3-5-8;/h1-5H,6-7H2,(H,9,10,12);. The Hall–Kier alpha value is -0.0265. The first-order valence-electron chi connectivity index (χ1n) is 3.74. The molecular weight excluding hydrogens is 267 g/mol. The van der Waals surface area contributed by atoms with Crippen LogP contribution in [0, 0.1) is 0 Å². The third kappa shape index (κ3) is 6.43. The van der Waals surface area contributed by atoms with Gasteiger partial charge >= 0.3 is 9.15 Å². The average molecular weight is 277 g/mol. The summed E-state index contributed by atoms with van der Waals surface area (Å²) in [6.07, 6.45) is 0.570. The van der Waals surface area contributed by atoms with Gasteiger partial charge in [0.15, 0.2) is 0 Å². The van der Waals surface area contributed by atoms with E-state index in [1.54, 1.807) is 0 Å². The van der Waals surface area contributed by atoms with E-state index < -0.39 is 9.15 Å². The first kappa shape index (κ1) is 14.0. The topological polar surface area (TPSA) is 43.4 Å². The fourth-order valence-electron chi connectivity index (χ4n) is 0.910. The van der Waals surface area contributed by atoms with Gasteiger partial charge in [-0.3, -0.25) is 4.18 Å². The molecule has 14 heavy (non-hydrogen) atoms. The summed E-state index contributed by atoms with van der Waals surface area (Å²) in [6.45, 7) is 0.135. The Balaban J connectivity index is 0.00000169. The van der Waals surface area contributed by atoms with Crippen LogP contribution in [0.2, 0.25) is 0 Å². The van der Waals surface area contributed by atoms with Gasteiger partial charge < -0.3 is 0 Å². The summed E-state index contributed by atoms with van der Waals surface area (Å²) >= 11 is 3.25. The van der Waals surface area contributed by atoms with Gasteiger partial charge in [0.05, 0.1) is 6.61 Å². The van der Waals surface area contributed by atoms with Crippen LogP contribution in [0.5, 0.6) is 0 Å². The molecule has 0 heterocycles. The van der Waals surface area contributed by atoms with E-state index in [1.165, 1.54) is 0 Å². The van der Waals surface area contributed by atoms with Gasteiger partial charge in [0.1, 0.15) is 0 Å². The summed E-state index contributed by atoms with van der Waals surface area (Å²) in [5.74, 6) is 0. The monoisotopic (exact) mass is 276 g/mol. The molecule has 6 heteroatoms. The molecule has 0 aliphatic heterocycles. The Morgan fingerprint density at radius 3 is 2.29 bits per heavy atom. The first-order valence-corrected chi connectivity index (χ1v) is 6.20. The van der Waals surface area contributed by atoms with E-state index in [4.69, 9.17) is 0 Å². The minimum absolute atomic E-state index is 0. The average Bonchev–Trinajstić information content (AvgIpc) is 2.04. The van der Waals surface area contributed by atoms with Crippen LogP contribution in [0.15, 0.2) is 30.3 Å². The zero-order valence-corrected chi connectivity index (χ0v) is 9.90. The van der Waals surface area contributed by atoms with Crippen LogP contribution in [0.3, 0.4) is 0 Å². The van der Waals surface area contributed by atoms with Crippen molar-refractivity contribution >= 4 is 20.8 Å². The van der Waals surface area contributed by atoms with E-state index in [-0.39, 0.29) is 23.1 Å². The van der Waals surface area contributed by atoms with Crippen molar-refractivity contribution < 1.29 is 29.1 Å². The predicted molar refractivity (Wildman–Crippen MR) is 54.0 cm³/mol. The van der Waals surface area contributed by atoms with Gasteiger partial charge in [-0.2, -0.15) is 8.42 Å². The molecule has 82 valence electrons. The van der Waals surface area contributed by atoms with Crippen LogP contribution >= 0.6 is 11.7 Å². The number of benzene rings is 1. The Bertz CT molecular complexity index is 350. The van der Waals surface area contributed by atoms with Gasteiger partial charge in [0, 0.05) is 16.5 Å². The summed E-state index contributed by atoms with van der Waals surface area (Å²) < 4.78 is 25.4. The quantitative estimate of drug-likeness (QED) is 0.514. The van der Waals surface area contributed by atoms with E-state index in [0.29, 0.717) is 6.42 Å². The molecule has 1 rings (SSSR count). The second kappa shape index (κ2) is 6.46. The summed E-state index contributed by atoms with van der Waals surface area (Å²) in [6, 6.07) is 9.51. The van der Waals surface area contributed by atoms with E-state index in [2.05, 4.69) is 15.8 Å². The molecule has 0 saturated heterocycles. The van der Waals surface area contributed by atoms with E-state index >= 15 is 0 Å². The van der Waals surface area contributed by atoms with Crippen LogP contribution in [-0.2, 0) is 36.2 Å². The largest absolute Gasteiger partial charge is 0.319 e. The molecule has 0 aliphatic rings. The van der Waals surface area contributed by atoms with Crippen LogP contribution in [0.1, 0.15) is 5.56 Å². The van der Waals surface area contributed by atoms with Crippen molar-refractivity contribution in [3.05, 3.63) is 35.9 Å². The fraction of sp³-hybridized carbons (Fsp3) is 0.250. The van der Waals surface area contributed by atoms with E-state index in [0.717, 1.165) is 5.56 Å². The number of hydrogen-bond donors (Lipinski definition) is 1. The molecule has 0 aromatic heterocycles. The second-order valence-corrected chi connectivity index (χ2v) is 4.92. The molecule has 1 aromatic rings. The van der Waals surface area contributed by atoms with Crippen LogP contribution in [0.4, 0.5) is 0 Å². The number of hydrogen-bond acceptors (Lipinski definition) is 3. The minimum atomic E-state index is -3.60. The number of thiol groups is 1. The van der Waals surface area contributed by atoms with Crippen LogP contribution in [0.25, 0.3) is 0 Å². The SMILES string of the molecule is O=S(=O)(S)OCCc1ccccc1.[Ni].